The lowest BCUT2D eigenvalue weighted by atomic mass is 10.2. The molecule has 10 nitrogen and oxygen atoms in total. The van der Waals surface area contributed by atoms with Crippen LogP contribution in [0.2, 0.25) is 0 Å². The number of hydrogen-bond acceptors (Lipinski definition) is 6. The predicted molar refractivity (Wildman–Crippen MR) is 124 cm³/mol. The predicted octanol–water partition coefficient (Wildman–Crippen LogP) is 0.716. The summed E-state index contributed by atoms with van der Waals surface area (Å²) in [6, 6.07) is 1.92. The third-order valence-electron chi connectivity index (χ3n) is 5.30. The first-order valence-corrected chi connectivity index (χ1v) is 11.6. The summed E-state index contributed by atoms with van der Waals surface area (Å²) in [5, 5.41) is 7.18. The van der Waals surface area contributed by atoms with Gasteiger partial charge in [-0.2, -0.15) is 4.31 Å². The van der Waals surface area contributed by atoms with E-state index >= 15 is 0 Å². The Hall–Kier alpha value is -1.41. The Morgan fingerprint density at radius 1 is 1.27 bits per heavy atom. The molecule has 1 N–H and O–H groups in total. The summed E-state index contributed by atoms with van der Waals surface area (Å²) < 4.78 is 31.5. The number of piperazine rings is 1. The molecular formula is C18H31IN6O4S. The summed E-state index contributed by atoms with van der Waals surface area (Å²) in [7, 11) is -0.0341. The number of carbonyl (C=O) groups excluding carboxylic acids is 1. The number of rotatable bonds is 6. The van der Waals surface area contributed by atoms with Crippen molar-refractivity contribution in [1.29, 1.82) is 0 Å². The van der Waals surface area contributed by atoms with Crippen molar-refractivity contribution in [2.75, 3.05) is 46.8 Å². The van der Waals surface area contributed by atoms with E-state index in [4.69, 9.17) is 4.52 Å². The van der Waals surface area contributed by atoms with E-state index in [-0.39, 0.29) is 42.2 Å². The fourth-order valence-corrected chi connectivity index (χ4v) is 4.97. The Morgan fingerprint density at radius 3 is 2.50 bits per heavy atom. The van der Waals surface area contributed by atoms with Crippen molar-refractivity contribution in [2.45, 2.75) is 37.5 Å². The third-order valence-corrected chi connectivity index (χ3v) is 7.12. The van der Waals surface area contributed by atoms with Gasteiger partial charge in [-0.1, -0.05) is 18.0 Å². The number of amides is 1. The number of halogens is 1. The van der Waals surface area contributed by atoms with Crippen LogP contribution in [0.1, 0.15) is 31.4 Å². The minimum Gasteiger partial charge on any atom is -0.364 e. The summed E-state index contributed by atoms with van der Waals surface area (Å²) in [5.74, 6) is 0.465. The highest BCUT2D eigenvalue weighted by atomic mass is 127. The van der Waals surface area contributed by atoms with Gasteiger partial charge < -0.3 is 19.6 Å². The van der Waals surface area contributed by atoms with E-state index in [1.165, 1.54) is 28.3 Å². The van der Waals surface area contributed by atoms with E-state index in [1.807, 2.05) is 4.90 Å². The number of sulfonamides is 1. The summed E-state index contributed by atoms with van der Waals surface area (Å²) in [4.78, 5) is 20.1. The fourth-order valence-electron chi connectivity index (χ4n) is 3.54. The number of nitrogens with zero attached hydrogens (tertiary/aromatic N) is 5. The summed E-state index contributed by atoms with van der Waals surface area (Å²) in [6.07, 6.45) is 5.93. The standard InChI is InChI=1S/C18H30N6O4S.HI/c1-22(2)17(25)13-19-18(20-15-5-3-4-6-15)23-8-10-24(11-9-23)29(26,27)14-16-7-12-28-21-16;/h7,12,15H,3-6,8-11,13-14H2,1-2H3,(H,19,20);1H. The van der Waals surface area contributed by atoms with Gasteiger partial charge in [0.2, 0.25) is 15.9 Å². The van der Waals surface area contributed by atoms with Crippen LogP contribution in [-0.4, -0.2) is 92.4 Å². The van der Waals surface area contributed by atoms with E-state index < -0.39 is 10.0 Å². The quantitative estimate of drug-likeness (QED) is 0.314. The second-order valence-electron chi connectivity index (χ2n) is 7.69. The normalized spacial score (nSPS) is 18.9. The molecule has 1 aliphatic carbocycles. The molecule has 0 spiro atoms. The zero-order valence-electron chi connectivity index (χ0n) is 17.5. The Balaban J connectivity index is 0.00000320. The van der Waals surface area contributed by atoms with Gasteiger partial charge in [0.15, 0.2) is 5.96 Å². The topological polar surface area (TPSA) is 111 Å². The molecule has 2 aliphatic rings. The van der Waals surface area contributed by atoms with Crippen LogP contribution in [0.5, 0.6) is 0 Å². The summed E-state index contributed by atoms with van der Waals surface area (Å²) in [5.41, 5.74) is 0.403. The van der Waals surface area contributed by atoms with Gasteiger partial charge in [-0.25, -0.2) is 13.4 Å². The van der Waals surface area contributed by atoms with Crippen molar-refractivity contribution < 1.29 is 17.7 Å². The summed E-state index contributed by atoms with van der Waals surface area (Å²) >= 11 is 0. The van der Waals surface area contributed by atoms with E-state index in [2.05, 4.69) is 15.5 Å². The molecule has 0 radical (unpaired) electrons. The van der Waals surface area contributed by atoms with E-state index in [9.17, 15) is 13.2 Å². The second kappa shape index (κ2) is 11.3. The molecule has 3 rings (SSSR count). The smallest absolute Gasteiger partial charge is 0.243 e. The number of aromatic nitrogens is 1. The lowest BCUT2D eigenvalue weighted by Gasteiger charge is -2.36. The van der Waals surface area contributed by atoms with Gasteiger partial charge in [-0.05, 0) is 12.8 Å². The van der Waals surface area contributed by atoms with E-state index in [1.54, 1.807) is 20.2 Å². The molecule has 1 saturated heterocycles. The highest BCUT2D eigenvalue weighted by Crippen LogP contribution is 2.19. The lowest BCUT2D eigenvalue weighted by Crippen LogP contribution is -2.55. The van der Waals surface area contributed by atoms with Crippen LogP contribution in [-0.2, 0) is 20.6 Å². The van der Waals surface area contributed by atoms with Gasteiger partial charge in [-0.15, -0.1) is 24.0 Å². The minimum atomic E-state index is -3.45. The SMILES string of the molecule is CN(C)C(=O)CN=C(NC1CCCC1)N1CCN(S(=O)(=O)Cc2ccon2)CC1.I. The van der Waals surface area contributed by atoms with Crippen LogP contribution in [0.25, 0.3) is 0 Å². The third kappa shape index (κ3) is 6.80. The van der Waals surface area contributed by atoms with Gasteiger partial charge in [0.25, 0.3) is 0 Å². The van der Waals surface area contributed by atoms with Crippen molar-refractivity contribution in [2.24, 2.45) is 4.99 Å². The first-order valence-electron chi connectivity index (χ1n) is 9.98. The molecule has 170 valence electrons. The zero-order valence-corrected chi connectivity index (χ0v) is 20.6. The van der Waals surface area contributed by atoms with Crippen molar-refractivity contribution in [3.63, 3.8) is 0 Å². The lowest BCUT2D eigenvalue weighted by molar-refractivity contribution is -0.127. The first-order chi connectivity index (χ1) is 13.8. The Kier molecular flexibility index (Phi) is 9.34. The van der Waals surface area contributed by atoms with Crippen LogP contribution in [0.15, 0.2) is 21.8 Å². The number of hydrogen-bond donors (Lipinski definition) is 1. The first kappa shape index (κ1) is 24.9. The van der Waals surface area contributed by atoms with Gasteiger partial charge in [-0.3, -0.25) is 4.79 Å². The maximum Gasteiger partial charge on any atom is 0.243 e. The molecule has 1 aromatic heterocycles. The number of nitrogens with one attached hydrogen (secondary N) is 1. The molecule has 1 aliphatic heterocycles. The van der Waals surface area contributed by atoms with Gasteiger partial charge in [0.1, 0.15) is 18.6 Å². The van der Waals surface area contributed by atoms with Crippen LogP contribution < -0.4 is 5.32 Å². The fraction of sp³-hybridized carbons (Fsp3) is 0.722. The van der Waals surface area contributed by atoms with Gasteiger partial charge in [0, 0.05) is 52.4 Å². The molecule has 0 bridgehead atoms. The molecule has 0 aromatic carbocycles. The molecule has 1 amide bonds. The van der Waals surface area contributed by atoms with Crippen LogP contribution in [0.3, 0.4) is 0 Å². The molecule has 0 unspecified atom stereocenters. The number of aliphatic imine (C=N–C) groups is 1. The van der Waals surface area contributed by atoms with Crippen LogP contribution >= 0.6 is 24.0 Å². The molecule has 30 heavy (non-hydrogen) atoms. The number of guanidine groups is 1. The molecule has 12 heteroatoms. The average Bonchev–Trinajstić information content (AvgIpc) is 3.38. The molecule has 1 aromatic rings. The second-order valence-corrected chi connectivity index (χ2v) is 9.66. The Labute approximate surface area is 195 Å². The maximum atomic E-state index is 12.6. The van der Waals surface area contributed by atoms with Crippen molar-refractivity contribution in [1.82, 2.24) is 24.6 Å². The zero-order chi connectivity index (χ0) is 20.9. The Morgan fingerprint density at radius 2 is 1.93 bits per heavy atom. The van der Waals surface area contributed by atoms with Crippen molar-refractivity contribution in [3.8, 4) is 0 Å². The number of likely N-dealkylation sites (N-methyl/N-ethyl adjacent to an activating group) is 1. The molecule has 1 saturated carbocycles. The highest BCUT2D eigenvalue weighted by molar-refractivity contribution is 14.0. The highest BCUT2D eigenvalue weighted by Gasteiger charge is 2.30. The van der Waals surface area contributed by atoms with Gasteiger partial charge in [0.05, 0.1) is 5.69 Å². The molecule has 2 fully saturated rings. The van der Waals surface area contributed by atoms with E-state index in [0.717, 1.165) is 12.8 Å². The molecular weight excluding hydrogens is 523 g/mol. The maximum absolute atomic E-state index is 12.6. The molecule has 2 heterocycles. The molecule has 0 atom stereocenters. The Bertz CT molecular complexity index is 801. The van der Waals surface area contributed by atoms with Crippen molar-refractivity contribution >= 4 is 45.9 Å². The van der Waals surface area contributed by atoms with E-state index in [0.29, 0.717) is 43.9 Å². The largest absolute Gasteiger partial charge is 0.364 e. The monoisotopic (exact) mass is 554 g/mol. The average molecular weight is 554 g/mol. The van der Waals surface area contributed by atoms with Crippen molar-refractivity contribution in [3.05, 3.63) is 18.0 Å². The summed E-state index contributed by atoms with van der Waals surface area (Å²) in [6.45, 7) is 1.85. The minimum absolute atomic E-state index is 0. The van der Waals surface area contributed by atoms with Crippen LogP contribution in [0, 0.1) is 0 Å². The van der Waals surface area contributed by atoms with Gasteiger partial charge >= 0.3 is 0 Å². The van der Waals surface area contributed by atoms with Crippen LogP contribution in [0.4, 0.5) is 0 Å². The number of carbonyl (C=O) groups is 1.